The van der Waals surface area contributed by atoms with Crippen LogP contribution < -0.4 is 3.27 Å². The van der Waals surface area contributed by atoms with E-state index < -0.39 is 18.3 Å². The second kappa shape index (κ2) is 13.8. The molecule has 0 aliphatic heterocycles. The van der Waals surface area contributed by atoms with Crippen LogP contribution in [0.5, 0.6) is 0 Å². The van der Waals surface area contributed by atoms with Crippen LogP contribution in [-0.2, 0) is 43.8 Å². The summed E-state index contributed by atoms with van der Waals surface area (Å²) in [7, 11) is 0. The van der Waals surface area contributed by atoms with Crippen LogP contribution in [-0.4, -0.2) is 4.21 Å². The summed E-state index contributed by atoms with van der Waals surface area (Å²) in [4.78, 5) is 0. The first-order chi connectivity index (χ1) is 20.7. The number of allylic oxidation sites excluding steroid dienone is 4. The van der Waals surface area contributed by atoms with Crippen LogP contribution in [0.15, 0.2) is 100 Å². The van der Waals surface area contributed by atoms with Crippen molar-refractivity contribution < 1.29 is 18.3 Å². The number of rotatable bonds is 6. The third-order valence-corrected chi connectivity index (χ3v) is 28.0. The molecule has 0 amide bonds. The van der Waals surface area contributed by atoms with E-state index in [4.69, 9.17) is 4.21 Å². The Morgan fingerprint density at radius 3 is 1.74 bits per heavy atom. The molecule has 6 rings (SSSR count). The molecule has 2 aliphatic carbocycles. The predicted molar refractivity (Wildman–Crippen MR) is 221 cm³/mol. The maximum absolute atomic E-state index is 5.74. The third kappa shape index (κ3) is 6.93. The molecule has 4 aromatic carbocycles. The summed E-state index contributed by atoms with van der Waals surface area (Å²) < 4.78 is 13.8. The molecule has 5 heteroatoms. The van der Waals surface area contributed by atoms with Gasteiger partial charge in [0.05, 0.1) is 0 Å². The summed E-state index contributed by atoms with van der Waals surface area (Å²) in [6.07, 6.45) is 9.15. The summed E-state index contributed by atoms with van der Waals surface area (Å²) in [6.45, 7) is 14.1. The van der Waals surface area contributed by atoms with Crippen molar-refractivity contribution in [3.63, 3.8) is 0 Å². The van der Waals surface area contributed by atoms with Crippen molar-refractivity contribution in [1.29, 1.82) is 0 Å². The van der Waals surface area contributed by atoms with Crippen LogP contribution in [0, 0.1) is 7.14 Å². The van der Waals surface area contributed by atoms with Gasteiger partial charge in [-0.3, -0.25) is 0 Å². The molecular weight excluding hydrogens is 908 g/mol. The van der Waals surface area contributed by atoms with Crippen LogP contribution in [0.3, 0.4) is 0 Å². The topological polar surface area (TPSA) is 0 Å². The standard InChI is InChI=1S/C21H25.2C7H6I.C5H5.CH2.2ClH.Zr/c1-20(2,3)16-9-7-14-11-15-8-10-17(21(4,5)6)13-19(15)18(14)12-16;2*1-6-4-2-3-5-7(6)8;1-2-4-5-3-1;;;;/h7,9-10,12-13H,11H2,1-6H3;2*2-5H,1H2;1-3H,4H2;1H2;2*1H;. The zero-order valence-electron chi connectivity index (χ0n) is 27.8. The van der Waals surface area contributed by atoms with E-state index in [1.54, 1.807) is 12.1 Å². The molecule has 0 heterocycles. The Bertz CT molecular complexity index is 1870. The van der Waals surface area contributed by atoms with E-state index in [1.807, 2.05) is 0 Å². The normalized spacial score (nSPS) is 14.2. The number of benzene rings is 4. The van der Waals surface area contributed by atoms with Gasteiger partial charge in [-0.1, -0.05) is 0 Å². The Morgan fingerprint density at radius 2 is 1.24 bits per heavy atom. The molecule has 0 bridgehead atoms. The zero-order chi connectivity index (χ0) is 31.5. The molecule has 0 radical (unpaired) electrons. The molecule has 242 valence electrons. The van der Waals surface area contributed by atoms with E-state index in [2.05, 4.69) is 184 Å². The first-order valence-corrected chi connectivity index (χ1v) is 25.7. The van der Waals surface area contributed by atoms with Gasteiger partial charge in [-0.25, -0.2) is 0 Å². The second-order valence-electron chi connectivity index (χ2n) is 15.4. The van der Waals surface area contributed by atoms with Crippen molar-refractivity contribution >= 4 is 77.5 Å². The molecule has 4 aromatic rings. The number of halogens is 4. The molecular formula is C41H46Cl2I2Zr. The fourth-order valence-electron chi connectivity index (χ4n) is 7.55. The fourth-order valence-corrected chi connectivity index (χ4v) is 26.4. The van der Waals surface area contributed by atoms with Crippen LogP contribution in [0.1, 0.15) is 81.3 Å². The summed E-state index contributed by atoms with van der Waals surface area (Å²) in [5.41, 5.74) is 11.8. The Morgan fingerprint density at radius 1 is 0.696 bits per heavy atom. The Hall–Kier alpha value is -0.847. The van der Waals surface area contributed by atoms with Crippen molar-refractivity contribution in [3.05, 3.63) is 141 Å². The molecule has 0 saturated carbocycles. The average molecular weight is 955 g/mol. The van der Waals surface area contributed by atoms with Crippen LogP contribution in [0.4, 0.5) is 0 Å². The molecule has 2 aliphatic rings. The minimum absolute atomic E-state index is 0. The molecule has 0 atom stereocenters. The molecule has 0 aromatic heterocycles. The quantitative estimate of drug-likeness (QED) is 0.149. The zero-order valence-corrected chi connectivity index (χ0v) is 36.3. The first-order valence-electron chi connectivity index (χ1n) is 15.9. The second-order valence-corrected chi connectivity index (χ2v) is 31.9. The van der Waals surface area contributed by atoms with Gasteiger partial charge in [0.1, 0.15) is 0 Å². The number of fused-ring (bicyclic) bond motifs is 3. The van der Waals surface area contributed by atoms with Gasteiger partial charge in [-0.2, -0.15) is 0 Å². The van der Waals surface area contributed by atoms with Crippen molar-refractivity contribution in [3.8, 4) is 11.1 Å². The van der Waals surface area contributed by atoms with Crippen LogP contribution >= 0.6 is 70.0 Å². The van der Waals surface area contributed by atoms with E-state index >= 15 is 0 Å². The molecule has 0 N–H and O–H groups in total. The van der Waals surface area contributed by atoms with E-state index in [1.165, 1.54) is 46.1 Å². The minimum atomic E-state index is -4.45. The predicted octanol–water partition coefficient (Wildman–Crippen LogP) is 11.9. The summed E-state index contributed by atoms with van der Waals surface area (Å²) in [5, 5.41) is 0. The monoisotopic (exact) mass is 952 g/mol. The Labute approximate surface area is 317 Å². The molecule has 0 nitrogen and oxygen atoms in total. The third-order valence-electron chi connectivity index (χ3n) is 10.2. The van der Waals surface area contributed by atoms with Crippen molar-refractivity contribution in [2.45, 2.75) is 73.5 Å². The number of hydrogen-bond acceptors (Lipinski definition) is 0. The van der Waals surface area contributed by atoms with Crippen molar-refractivity contribution in [2.75, 3.05) is 0 Å². The van der Waals surface area contributed by atoms with Gasteiger partial charge in [0, 0.05) is 0 Å². The van der Waals surface area contributed by atoms with Gasteiger partial charge in [0.25, 0.3) is 0 Å². The van der Waals surface area contributed by atoms with Gasteiger partial charge in [-0.15, -0.1) is 24.8 Å². The first kappa shape index (κ1) is 38.0. The number of hydrogen-bond donors (Lipinski definition) is 0. The van der Waals surface area contributed by atoms with E-state index in [9.17, 15) is 0 Å². The van der Waals surface area contributed by atoms with Gasteiger partial charge in [0.15, 0.2) is 0 Å². The molecule has 0 fully saturated rings. The van der Waals surface area contributed by atoms with E-state index in [0.717, 1.165) is 21.1 Å². The average Bonchev–Trinajstić information content (AvgIpc) is 3.63. The van der Waals surface area contributed by atoms with Crippen LogP contribution in [0.25, 0.3) is 11.1 Å². The van der Waals surface area contributed by atoms with Gasteiger partial charge >= 0.3 is 296 Å². The van der Waals surface area contributed by atoms with Crippen molar-refractivity contribution in [1.82, 2.24) is 0 Å². The van der Waals surface area contributed by atoms with Gasteiger partial charge < -0.3 is 0 Å². The molecule has 46 heavy (non-hydrogen) atoms. The Kier molecular flexibility index (Phi) is 11.4. The van der Waals surface area contributed by atoms with E-state index in [0.29, 0.717) is 0 Å². The molecule has 0 saturated heterocycles. The van der Waals surface area contributed by atoms with Crippen molar-refractivity contribution in [2.24, 2.45) is 0 Å². The van der Waals surface area contributed by atoms with Gasteiger partial charge in [0.2, 0.25) is 0 Å². The van der Waals surface area contributed by atoms with Gasteiger partial charge in [-0.05, 0) is 0 Å². The van der Waals surface area contributed by atoms with E-state index in [-0.39, 0.29) is 35.6 Å². The molecule has 0 unspecified atom stereocenters. The maximum atomic E-state index is 5.74. The van der Waals surface area contributed by atoms with Crippen LogP contribution in [0.2, 0.25) is 0 Å². The summed E-state index contributed by atoms with van der Waals surface area (Å²) in [6, 6.07) is 30.6. The summed E-state index contributed by atoms with van der Waals surface area (Å²) >= 11 is 0.675. The molecule has 0 spiro atoms. The summed E-state index contributed by atoms with van der Waals surface area (Å²) in [5.74, 6) is 0. The SMILES string of the molecule is Cl.Cl.[CH2]=[Zr]([CH2]c1ccccc1I)([CH2]c1ccccc1I)([C]1=CC=CC1)[c]1cc(C(C)(C)C)cc2c1Cc1ccc(C(C)(C)C)cc1-2. The Balaban J connectivity index is 0.00000240. The fraction of sp³-hybridized carbons (Fsp3) is 0.293.